The molecule has 0 fully saturated rings. The first-order valence-electron chi connectivity index (χ1n) is 6.42. The molecule has 0 heterocycles. The maximum Gasteiger partial charge on any atom is 0.402 e. The summed E-state index contributed by atoms with van der Waals surface area (Å²) < 4.78 is 0. The zero-order valence-corrected chi connectivity index (χ0v) is 11.2. The van der Waals surface area contributed by atoms with Gasteiger partial charge in [-0.15, -0.1) is 0 Å². The Morgan fingerprint density at radius 3 is 1.78 bits per heavy atom. The molecule has 0 aliphatic rings. The highest BCUT2D eigenvalue weighted by molar-refractivity contribution is 5.68. The molecule has 0 radical (unpaired) electrons. The van der Waals surface area contributed by atoms with E-state index in [4.69, 9.17) is 15.8 Å². The zero-order chi connectivity index (χ0) is 14.2. The number of primary amides is 1. The van der Waals surface area contributed by atoms with Crippen molar-refractivity contribution in [3.05, 3.63) is 0 Å². The standard InChI is InChI=1S/C11H23NO2.CH3NO2/c1-2-3-4-5-6-7-8-9-10-11(13)14-12;2-1(3)4/h2-10,12H2,1H3;2H2,(H,3,4). The van der Waals surface area contributed by atoms with Gasteiger partial charge in [0.05, 0.1) is 0 Å². The number of nitrogens with two attached hydrogens (primary N) is 2. The Morgan fingerprint density at radius 2 is 1.39 bits per heavy atom. The molecule has 108 valence electrons. The third kappa shape index (κ3) is 24.1. The summed E-state index contributed by atoms with van der Waals surface area (Å²) in [6.45, 7) is 2.22. The van der Waals surface area contributed by atoms with Gasteiger partial charge in [-0.05, 0) is 6.42 Å². The molecule has 0 aromatic heterocycles. The number of amides is 1. The normalized spacial score (nSPS) is 9.22. The van der Waals surface area contributed by atoms with Gasteiger partial charge >= 0.3 is 12.1 Å². The highest BCUT2D eigenvalue weighted by Crippen LogP contribution is 2.09. The van der Waals surface area contributed by atoms with E-state index in [9.17, 15) is 4.79 Å². The molecule has 0 spiro atoms. The molecule has 6 heteroatoms. The molecule has 0 bridgehead atoms. The van der Waals surface area contributed by atoms with E-state index in [0.29, 0.717) is 6.42 Å². The lowest BCUT2D eigenvalue weighted by Crippen LogP contribution is -2.08. The van der Waals surface area contributed by atoms with Crippen LogP contribution in [0.3, 0.4) is 0 Å². The number of hydrogen-bond donors (Lipinski definition) is 3. The predicted octanol–water partition coefficient (Wildman–Crippen LogP) is 2.56. The van der Waals surface area contributed by atoms with E-state index in [-0.39, 0.29) is 5.97 Å². The summed E-state index contributed by atoms with van der Waals surface area (Å²) in [5, 5.41) is 7.19. The fraction of sp³-hybridized carbons (Fsp3) is 0.833. The SMILES string of the molecule is CCCCCCCCCCC(=O)ON.NC(=O)O. The Hall–Kier alpha value is -1.30. The van der Waals surface area contributed by atoms with E-state index < -0.39 is 6.09 Å². The average Bonchev–Trinajstić information content (AvgIpc) is 2.31. The summed E-state index contributed by atoms with van der Waals surface area (Å²) >= 11 is 0. The van der Waals surface area contributed by atoms with Crippen LogP contribution in [-0.2, 0) is 9.63 Å². The van der Waals surface area contributed by atoms with Crippen molar-refractivity contribution < 1.29 is 19.5 Å². The van der Waals surface area contributed by atoms with Gasteiger partial charge in [0.2, 0.25) is 0 Å². The third-order valence-electron chi connectivity index (χ3n) is 2.37. The van der Waals surface area contributed by atoms with Crippen molar-refractivity contribution in [2.75, 3.05) is 0 Å². The van der Waals surface area contributed by atoms with Gasteiger partial charge in [0.25, 0.3) is 0 Å². The first-order valence-corrected chi connectivity index (χ1v) is 6.42. The van der Waals surface area contributed by atoms with Crippen LogP contribution < -0.4 is 11.6 Å². The fourth-order valence-corrected chi connectivity index (χ4v) is 1.46. The lowest BCUT2D eigenvalue weighted by atomic mass is 10.1. The number of unbranched alkanes of at least 4 members (excludes halogenated alkanes) is 7. The summed E-state index contributed by atoms with van der Waals surface area (Å²) in [7, 11) is 0. The molecule has 6 nitrogen and oxygen atoms in total. The first-order chi connectivity index (χ1) is 8.54. The number of carbonyl (C=O) groups excluding carboxylic acids is 1. The van der Waals surface area contributed by atoms with Crippen LogP contribution >= 0.6 is 0 Å². The van der Waals surface area contributed by atoms with Crippen molar-refractivity contribution in [2.24, 2.45) is 11.6 Å². The van der Waals surface area contributed by atoms with Gasteiger partial charge in [0.15, 0.2) is 0 Å². The monoisotopic (exact) mass is 262 g/mol. The molecule has 0 aromatic rings. The highest BCUT2D eigenvalue weighted by atomic mass is 16.7. The average molecular weight is 262 g/mol. The Kier molecular flexibility index (Phi) is 16.6. The number of rotatable bonds is 9. The molecule has 0 saturated heterocycles. The van der Waals surface area contributed by atoms with E-state index in [2.05, 4.69) is 17.5 Å². The number of carboxylic acid groups (broad SMARTS) is 1. The van der Waals surface area contributed by atoms with Gasteiger partial charge in [-0.25, -0.2) is 4.79 Å². The van der Waals surface area contributed by atoms with Crippen molar-refractivity contribution in [1.82, 2.24) is 0 Å². The molecule has 5 N–H and O–H groups in total. The maximum atomic E-state index is 10.6. The van der Waals surface area contributed by atoms with Crippen LogP contribution in [0, 0.1) is 0 Å². The molecular weight excluding hydrogens is 236 g/mol. The summed E-state index contributed by atoms with van der Waals surface area (Å²) in [6.07, 6.45) is 8.98. The van der Waals surface area contributed by atoms with Crippen LogP contribution in [0.1, 0.15) is 64.7 Å². The van der Waals surface area contributed by atoms with Crippen LogP contribution in [0.4, 0.5) is 4.79 Å². The smallest absolute Gasteiger partial charge is 0.402 e. The first kappa shape index (κ1) is 19.0. The van der Waals surface area contributed by atoms with Crippen molar-refractivity contribution in [1.29, 1.82) is 0 Å². The quantitative estimate of drug-likeness (QED) is 0.436. The maximum absolute atomic E-state index is 10.6. The summed E-state index contributed by atoms with van der Waals surface area (Å²) in [5.41, 5.74) is 4.03. The van der Waals surface area contributed by atoms with Gasteiger partial charge in [-0.1, -0.05) is 51.9 Å². The van der Waals surface area contributed by atoms with Gasteiger partial charge in [0.1, 0.15) is 0 Å². The molecule has 0 atom stereocenters. The second-order valence-corrected chi connectivity index (χ2v) is 4.05. The molecule has 0 aliphatic carbocycles. The summed E-state index contributed by atoms with van der Waals surface area (Å²) in [6, 6.07) is 0. The largest absolute Gasteiger partial charge is 0.465 e. The Morgan fingerprint density at radius 1 is 1.00 bits per heavy atom. The minimum Gasteiger partial charge on any atom is -0.465 e. The van der Waals surface area contributed by atoms with Gasteiger partial charge < -0.3 is 15.7 Å². The van der Waals surface area contributed by atoms with E-state index in [1.165, 1.54) is 38.5 Å². The van der Waals surface area contributed by atoms with Crippen molar-refractivity contribution >= 4 is 12.1 Å². The minimum atomic E-state index is -1.33. The summed E-state index contributed by atoms with van der Waals surface area (Å²) in [5.74, 6) is 4.42. The highest BCUT2D eigenvalue weighted by Gasteiger charge is 1.99. The van der Waals surface area contributed by atoms with Gasteiger partial charge in [-0.2, -0.15) is 5.90 Å². The van der Waals surface area contributed by atoms with E-state index >= 15 is 0 Å². The molecule has 0 aromatic carbocycles. The second-order valence-electron chi connectivity index (χ2n) is 4.05. The molecule has 0 aliphatic heterocycles. The van der Waals surface area contributed by atoms with E-state index in [1.807, 2.05) is 0 Å². The topological polar surface area (TPSA) is 116 Å². The van der Waals surface area contributed by atoms with Crippen LogP contribution in [0.2, 0.25) is 0 Å². The number of carbonyl (C=O) groups is 2. The van der Waals surface area contributed by atoms with Gasteiger partial charge in [0, 0.05) is 6.42 Å². The fourth-order valence-electron chi connectivity index (χ4n) is 1.46. The third-order valence-corrected chi connectivity index (χ3v) is 2.37. The van der Waals surface area contributed by atoms with Crippen LogP contribution in [0.15, 0.2) is 0 Å². The zero-order valence-electron chi connectivity index (χ0n) is 11.2. The minimum absolute atomic E-state index is 0.295. The second kappa shape index (κ2) is 15.7. The van der Waals surface area contributed by atoms with Crippen LogP contribution in [0.25, 0.3) is 0 Å². The number of hydrogen-bond acceptors (Lipinski definition) is 4. The Labute approximate surface area is 109 Å². The molecular formula is C12H26N2O4. The Bertz CT molecular complexity index is 206. The van der Waals surface area contributed by atoms with Crippen LogP contribution in [-0.4, -0.2) is 17.2 Å². The van der Waals surface area contributed by atoms with E-state index in [0.717, 1.165) is 12.8 Å². The van der Waals surface area contributed by atoms with Crippen molar-refractivity contribution in [3.8, 4) is 0 Å². The molecule has 18 heavy (non-hydrogen) atoms. The Balaban J connectivity index is 0. The van der Waals surface area contributed by atoms with Gasteiger partial charge in [-0.3, -0.25) is 4.79 Å². The lowest BCUT2D eigenvalue weighted by molar-refractivity contribution is -0.144. The summed E-state index contributed by atoms with van der Waals surface area (Å²) in [4.78, 5) is 23.5. The van der Waals surface area contributed by atoms with Crippen molar-refractivity contribution in [3.63, 3.8) is 0 Å². The predicted molar refractivity (Wildman–Crippen MR) is 69.7 cm³/mol. The molecule has 0 unspecified atom stereocenters. The van der Waals surface area contributed by atoms with Crippen molar-refractivity contribution in [2.45, 2.75) is 64.7 Å². The molecule has 0 saturated carbocycles. The van der Waals surface area contributed by atoms with Crippen LogP contribution in [0.5, 0.6) is 0 Å². The lowest BCUT2D eigenvalue weighted by Gasteiger charge is -2.00. The molecule has 0 rings (SSSR count). The molecule has 1 amide bonds. The van der Waals surface area contributed by atoms with E-state index in [1.54, 1.807) is 0 Å².